The number of benzene rings is 2. The third-order valence-electron chi connectivity index (χ3n) is 3.06. The van der Waals surface area contributed by atoms with Crippen LogP contribution in [0.25, 0.3) is 10.9 Å². The summed E-state index contributed by atoms with van der Waals surface area (Å²) in [5.74, 6) is 0. The van der Waals surface area contributed by atoms with Crippen LogP contribution in [-0.4, -0.2) is 17.6 Å². The van der Waals surface area contributed by atoms with E-state index in [1.807, 2.05) is 60.7 Å². The Morgan fingerprint density at radius 1 is 1.05 bits per heavy atom. The summed E-state index contributed by atoms with van der Waals surface area (Å²) in [5, 5.41) is 4.67. The summed E-state index contributed by atoms with van der Waals surface area (Å²) in [4.78, 5) is 13.2. The van der Waals surface area contributed by atoms with Crippen LogP contribution in [0.5, 0.6) is 0 Å². The fourth-order valence-electron chi connectivity index (χ4n) is 2.14. The molecule has 0 atom stereocenters. The first kappa shape index (κ1) is 12.8. The molecule has 0 unspecified atom stereocenters. The molecule has 0 saturated carbocycles. The lowest BCUT2D eigenvalue weighted by Crippen LogP contribution is -2.24. The number of hydrogen-bond donors (Lipinski definition) is 1. The fraction of sp³-hybridized carbons (Fsp3) is 0.0625. The average Bonchev–Trinajstić information content (AvgIpc) is 2.85. The number of nitrogens with one attached hydrogen (secondary N) is 1. The van der Waals surface area contributed by atoms with Gasteiger partial charge in [0.15, 0.2) is 0 Å². The van der Waals surface area contributed by atoms with Gasteiger partial charge in [0.25, 0.3) is 0 Å². The quantitative estimate of drug-likeness (QED) is 0.771. The summed E-state index contributed by atoms with van der Waals surface area (Å²) in [6.07, 6.45) is 0. The van der Waals surface area contributed by atoms with Gasteiger partial charge in [-0.3, -0.25) is 4.57 Å². The SMILES string of the molecule is CNC(=O)n1c(Sc2ccccc2)cc2ccccc21. The molecule has 1 aromatic heterocycles. The Hall–Kier alpha value is -2.20. The van der Waals surface area contributed by atoms with Crippen molar-refractivity contribution in [3.8, 4) is 0 Å². The molecule has 1 heterocycles. The van der Waals surface area contributed by atoms with Crippen LogP contribution in [-0.2, 0) is 0 Å². The predicted octanol–water partition coefficient (Wildman–Crippen LogP) is 3.98. The molecule has 0 bridgehead atoms. The lowest BCUT2D eigenvalue weighted by atomic mass is 10.2. The Morgan fingerprint density at radius 2 is 1.75 bits per heavy atom. The van der Waals surface area contributed by atoms with Crippen molar-refractivity contribution in [2.45, 2.75) is 9.92 Å². The molecule has 0 fully saturated rings. The molecule has 4 heteroatoms. The van der Waals surface area contributed by atoms with E-state index in [1.165, 1.54) is 0 Å². The first-order chi connectivity index (χ1) is 9.79. The lowest BCUT2D eigenvalue weighted by molar-refractivity contribution is 0.243. The van der Waals surface area contributed by atoms with Gasteiger partial charge >= 0.3 is 6.03 Å². The first-order valence-corrected chi connectivity index (χ1v) is 7.17. The molecule has 3 nitrogen and oxygen atoms in total. The molecule has 0 radical (unpaired) electrons. The zero-order valence-corrected chi connectivity index (χ0v) is 11.9. The highest BCUT2D eigenvalue weighted by atomic mass is 32.2. The second kappa shape index (κ2) is 5.43. The maximum absolute atomic E-state index is 12.1. The first-order valence-electron chi connectivity index (χ1n) is 6.35. The fourth-order valence-corrected chi connectivity index (χ4v) is 3.13. The van der Waals surface area contributed by atoms with Crippen molar-refractivity contribution in [2.75, 3.05) is 7.05 Å². The number of carbonyl (C=O) groups excluding carboxylic acids is 1. The minimum atomic E-state index is -0.121. The van der Waals surface area contributed by atoms with Gasteiger partial charge in [0.2, 0.25) is 0 Å². The molecule has 0 spiro atoms. The number of carbonyl (C=O) groups is 1. The van der Waals surface area contributed by atoms with Crippen LogP contribution in [0.2, 0.25) is 0 Å². The molecular formula is C16H14N2OS. The Kier molecular flexibility index (Phi) is 3.48. The van der Waals surface area contributed by atoms with E-state index < -0.39 is 0 Å². The third-order valence-corrected chi connectivity index (χ3v) is 4.08. The summed E-state index contributed by atoms with van der Waals surface area (Å²) in [6, 6.07) is 19.9. The van der Waals surface area contributed by atoms with Crippen molar-refractivity contribution >= 4 is 28.7 Å². The summed E-state index contributed by atoms with van der Waals surface area (Å²) < 4.78 is 1.72. The number of para-hydroxylation sites is 1. The third kappa shape index (κ3) is 2.30. The van der Waals surface area contributed by atoms with Crippen LogP contribution in [0.3, 0.4) is 0 Å². The van der Waals surface area contributed by atoms with Crippen LogP contribution < -0.4 is 5.32 Å². The van der Waals surface area contributed by atoms with E-state index in [-0.39, 0.29) is 6.03 Å². The number of rotatable bonds is 2. The predicted molar refractivity (Wildman–Crippen MR) is 82.4 cm³/mol. The second-order valence-electron chi connectivity index (χ2n) is 4.35. The normalized spacial score (nSPS) is 10.7. The molecule has 1 N–H and O–H groups in total. The molecule has 3 aromatic rings. The van der Waals surface area contributed by atoms with Gasteiger partial charge in [-0.05, 0) is 24.3 Å². The van der Waals surface area contributed by atoms with E-state index in [1.54, 1.807) is 23.4 Å². The van der Waals surface area contributed by atoms with Crippen LogP contribution in [0.15, 0.2) is 70.6 Å². The molecule has 2 aromatic carbocycles. The molecule has 0 saturated heterocycles. The van der Waals surface area contributed by atoms with Crippen LogP contribution >= 0.6 is 11.8 Å². The van der Waals surface area contributed by atoms with Gasteiger partial charge in [0, 0.05) is 17.3 Å². The number of aromatic nitrogens is 1. The van der Waals surface area contributed by atoms with Crippen LogP contribution in [0, 0.1) is 0 Å². The van der Waals surface area contributed by atoms with Crippen molar-refractivity contribution < 1.29 is 4.79 Å². The number of hydrogen-bond acceptors (Lipinski definition) is 2. The number of nitrogens with zero attached hydrogens (tertiary/aromatic N) is 1. The molecule has 3 rings (SSSR count). The zero-order valence-electron chi connectivity index (χ0n) is 11.0. The Balaban J connectivity index is 2.12. The smallest absolute Gasteiger partial charge is 0.326 e. The second-order valence-corrected chi connectivity index (χ2v) is 5.44. The lowest BCUT2D eigenvalue weighted by Gasteiger charge is -2.08. The highest BCUT2D eigenvalue weighted by molar-refractivity contribution is 7.99. The van der Waals surface area contributed by atoms with E-state index in [4.69, 9.17) is 0 Å². The van der Waals surface area contributed by atoms with E-state index in [0.717, 1.165) is 20.8 Å². The van der Waals surface area contributed by atoms with Gasteiger partial charge in [-0.15, -0.1) is 0 Å². The van der Waals surface area contributed by atoms with Gasteiger partial charge in [0.1, 0.15) is 0 Å². The van der Waals surface area contributed by atoms with Crippen LogP contribution in [0.1, 0.15) is 0 Å². The van der Waals surface area contributed by atoms with Gasteiger partial charge < -0.3 is 5.32 Å². The number of fused-ring (bicyclic) bond motifs is 1. The summed E-state index contributed by atoms with van der Waals surface area (Å²) in [6.45, 7) is 0. The molecule has 100 valence electrons. The van der Waals surface area contributed by atoms with Crippen molar-refractivity contribution in [3.63, 3.8) is 0 Å². The van der Waals surface area contributed by atoms with Gasteiger partial charge in [-0.2, -0.15) is 0 Å². The van der Waals surface area contributed by atoms with E-state index in [2.05, 4.69) is 5.32 Å². The molecule has 0 aliphatic heterocycles. The topological polar surface area (TPSA) is 34.0 Å². The Bertz CT molecular complexity index is 750. The van der Waals surface area contributed by atoms with E-state index in [0.29, 0.717) is 0 Å². The summed E-state index contributed by atoms with van der Waals surface area (Å²) in [7, 11) is 1.65. The summed E-state index contributed by atoms with van der Waals surface area (Å²) in [5.41, 5.74) is 0.922. The largest absolute Gasteiger partial charge is 0.340 e. The standard InChI is InChI=1S/C16H14N2OS/c1-17-16(19)18-14-10-6-5-7-12(14)11-15(18)20-13-8-3-2-4-9-13/h2-11H,1H3,(H,17,19). The molecule has 0 aliphatic rings. The highest BCUT2D eigenvalue weighted by Gasteiger charge is 2.14. The maximum Gasteiger partial charge on any atom is 0.326 e. The van der Waals surface area contributed by atoms with Crippen LogP contribution in [0.4, 0.5) is 4.79 Å². The molecule has 0 aliphatic carbocycles. The summed E-state index contributed by atoms with van der Waals surface area (Å²) >= 11 is 1.59. The zero-order chi connectivity index (χ0) is 13.9. The number of amides is 1. The van der Waals surface area contributed by atoms with E-state index in [9.17, 15) is 4.79 Å². The highest BCUT2D eigenvalue weighted by Crippen LogP contribution is 2.32. The Morgan fingerprint density at radius 3 is 2.50 bits per heavy atom. The Labute approximate surface area is 121 Å². The minimum Gasteiger partial charge on any atom is -0.340 e. The maximum atomic E-state index is 12.1. The van der Waals surface area contributed by atoms with Gasteiger partial charge in [-0.25, -0.2) is 4.79 Å². The minimum absolute atomic E-state index is 0.121. The van der Waals surface area contributed by atoms with Crippen molar-refractivity contribution in [3.05, 3.63) is 60.7 Å². The van der Waals surface area contributed by atoms with E-state index >= 15 is 0 Å². The average molecular weight is 282 g/mol. The monoisotopic (exact) mass is 282 g/mol. The molecule has 20 heavy (non-hydrogen) atoms. The van der Waals surface area contributed by atoms with Crippen molar-refractivity contribution in [1.29, 1.82) is 0 Å². The molecular weight excluding hydrogens is 268 g/mol. The molecule has 1 amide bonds. The van der Waals surface area contributed by atoms with Crippen molar-refractivity contribution in [2.24, 2.45) is 0 Å². The van der Waals surface area contributed by atoms with Gasteiger partial charge in [-0.1, -0.05) is 48.2 Å². The van der Waals surface area contributed by atoms with Gasteiger partial charge in [0.05, 0.1) is 10.5 Å². The van der Waals surface area contributed by atoms with Crippen molar-refractivity contribution in [1.82, 2.24) is 9.88 Å².